The topological polar surface area (TPSA) is 9.23 Å². The molecule has 0 bridgehead atoms. The van der Waals surface area contributed by atoms with Crippen LogP contribution in [0.15, 0.2) is 22.7 Å². The molecule has 1 nitrogen and oxygen atoms in total. The van der Waals surface area contributed by atoms with Gasteiger partial charge in [0.2, 0.25) is 0 Å². The average molecular weight is 322 g/mol. The maximum atomic E-state index is 13.3. The van der Waals surface area contributed by atoms with E-state index in [4.69, 9.17) is 16.3 Å². The Kier molecular flexibility index (Phi) is 4.11. The molecule has 0 saturated carbocycles. The Morgan fingerprint density at radius 2 is 2.35 bits per heavy atom. The SMILES string of the molecule is CC1OCCC1(CCl)Cc1cc(F)ccc1Br. The van der Waals surface area contributed by atoms with Crippen molar-refractivity contribution in [1.29, 1.82) is 0 Å². The summed E-state index contributed by atoms with van der Waals surface area (Å²) >= 11 is 9.57. The summed E-state index contributed by atoms with van der Waals surface area (Å²) in [5.74, 6) is 0.330. The van der Waals surface area contributed by atoms with Crippen molar-refractivity contribution in [3.8, 4) is 0 Å². The van der Waals surface area contributed by atoms with Crippen LogP contribution in [0.5, 0.6) is 0 Å². The van der Waals surface area contributed by atoms with Crippen molar-refractivity contribution in [3.63, 3.8) is 0 Å². The van der Waals surface area contributed by atoms with Crippen LogP contribution in [0.2, 0.25) is 0 Å². The van der Waals surface area contributed by atoms with Crippen LogP contribution >= 0.6 is 27.5 Å². The molecule has 2 unspecified atom stereocenters. The lowest BCUT2D eigenvalue weighted by atomic mass is 9.78. The number of rotatable bonds is 3. The van der Waals surface area contributed by atoms with Gasteiger partial charge in [-0.05, 0) is 43.5 Å². The highest BCUT2D eigenvalue weighted by molar-refractivity contribution is 9.10. The van der Waals surface area contributed by atoms with Gasteiger partial charge in [-0.25, -0.2) is 4.39 Å². The molecule has 0 radical (unpaired) electrons. The number of alkyl halides is 1. The van der Waals surface area contributed by atoms with E-state index in [2.05, 4.69) is 15.9 Å². The Labute approximate surface area is 114 Å². The van der Waals surface area contributed by atoms with E-state index in [0.29, 0.717) is 5.88 Å². The van der Waals surface area contributed by atoms with E-state index in [9.17, 15) is 4.39 Å². The molecular weight excluding hydrogens is 306 g/mol. The van der Waals surface area contributed by atoms with Gasteiger partial charge in [0.05, 0.1) is 6.10 Å². The molecule has 4 heteroatoms. The van der Waals surface area contributed by atoms with Gasteiger partial charge in [-0.15, -0.1) is 11.6 Å². The van der Waals surface area contributed by atoms with Gasteiger partial charge in [0.15, 0.2) is 0 Å². The van der Waals surface area contributed by atoms with E-state index in [1.54, 1.807) is 12.1 Å². The molecule has 1 heterocycles. The third kappa shape index (κ3) is 2.67. The molecular formula is C13H15BrClFO. The van der Waals surface area contributed by atoms with Gasteiger partial charge in [0.25, 0.3) is 0 Å². The molecule has 1 saturated heterocycles. The summed E-state index contributed by atoms with van der Waals surface area (Å²) in [4.78, 5) is 0. The lowest BCUT2D eigenvalue weighted by Gasteiger charge is -2.30. The zero-order chi connectivity index (χ0) is 12.5. The van der Waals surface area contributed by atoms with Gasteiger partial charge < -0.3 is 4.74 Å². The van der Waals surface area contributed by atoms with Crippen molar-refractivity contribution in [3.05, 3.63) is 34.1 Å². The summed E-state index contributed by atoms with van der Waals surface area (Å²) in [6, 6.07) is 4.77. The maximum Gasteiger partial charge on any atom is 0.123 e. The van der Waals surface area contributed by atoms with Gasteiger partial charge >= 0.3 is 0 Å². The fourth-order valence-electron chi connectivity index (χ4n) is 2.33. The maximum absolute atomic E-state index is 13.3. The minimum absolute atomic E-state index is 0.0716. The van der Waals surface area contributed by atoms with Crippen molar-refractivity contribution >= 4 is 27.5 Å². The lowest BCUT2D eigenvalue weighted by Crippen LogP contribution is -2.33. The molecule has 1 aromatic carbocycles. The Hall–Kier alpha value is -0.120. The van der Waals surface area contributed by atoms with Gasteiger partial charge in [0, 0.05) is 22.4 Å². The second-order valence-corrected chi connectivity index (χ2v) is 5.79. The first-order valence-electron chi connectivity index (χ1n) is 5.69. The number of ether oxygens (including phenoxy) is 1. The number of hydrogen-bond donors (Lipinski definition) is 0. The molecule has 17 heavy (non-hydrogen) atoms. The van der Waals surface area contributed by atoms with Crippen LogP contribution in [-0.4, -0.2) is 18.6 Å². The quantitative estimate of drug-likeness (QED) is 0.759. The Balaban J connectivity index is 2.27. The standard InChI is InChI=1S/C13H15BrClFO/c1-9-13(8-15,4-5-17-9)7-10-6-11(16)2-3-12(10)14/h2-3,6,9H,4-5,7-8H2,1H3. The molecule has 1 fully saturated rings. The van der Waals surface area contributed by atoms with Crippen LogP contribution in [-0.2, 0) is 11.2 Å². The minimum Gasteiger partial charge on any atom is -0.378 e. The summed E-state index contributed by atoms with van der Waals surface area (Å²) in [6.45, 7) is 2.78. The Bertz CT molecular complexity index is 412. The predicted molar refractivity (Wildman–Crippen MR) is 71.0 cm³/mol. The molecule has 94 valence electrons. The molecule has 2 atom stereocenters. The second kappa shape index (κ2) is 5.25. The fraction of sp³-hybridized carbons (Fsp3) is 0.538. The monoisotopic (exact) mass is 320 g/mol. The zero-order valence-corrected chi connectivity index (χ0v) is 12.0. The summed E-state index contributed by atoms with van der Waals surface area (Å²) in [6.07, 6.45) is 1.80. The van der Waals surface area contributed by atoms with Crippen molar-refractivity contribution in [2.75, 3.05) is 12.5 Å². The van der Waals surface area contributed by atoms with E-state index in [1.807, 2.05) is 6.92 Å². The Morgan fingerprint density at radius 3 is 2.94 bits per heavy atom. The molecule has 0 aromatic heterocycles. The van der Waals surface area contributed by atoms with Gasteiger partial charge in [-0.3, -0.25) is 0 Å². The highest BCUT2D eigenvalue weighted by Gasteiger charge is 2.41. The number of benzene rings is 1. The molecule has 0 amide bonds. The van der Waals surface area contributed by atoms with E-state index in [1.165, 1.54) is 6.07 Å². The minimum atomic E-state index is -0.209. The lowest BCUT2D eigenvalue weighted by molar-refractivity contribution is 0.0734. The van der Waals surface area contributed by atoms with Gasteiger partial charge in [-0.1, -0.05) is 15.9 Å². The van der Waals surface area contributed by atoms with Crippen LogP contribution < -0.4 is 0 Å². The number of hydrogen-bond acceptors (Lipinski definition) is 1. The average Bonchev–Trinajstić information content (AvgIpc) is 2.66. The Morgan fingerprint density at radius 1 is 1.59 bits per heavy atom. The summed E-state index contributed by atoms with van der Waals surface area (Å²) in [5.41, 5.74) is 0.890. The second-order valence-electron chi connectivity index (χ2n) is 4.67. The van der Waals surface area contributed by atoms with Gasteiger partial charge in [-0.2, -0.15) is 0 Å². The highest BCUT2D eigenvalue weighted by atomic mass is 79.9. The van der Waals surface area contributed by atoms with E-state index in [-0.39, 0.29) is 17.3 Å². The molecule has 0 spiro atoms. The van der Waals surface area contributed by atoms with Crippen LogP contribution in [0.4, 0.5) is 4.39 Å². The third-order valence-electron chi connectivity index (χ3n) is 3.65. The smallest absolute Gasteiger partial charge is 0.123 e. The fourth-order valence-corrected chi connectivity index (χ4v) is 3.16. The third-order valence-corrected chi connectivity index (χ3v) is 4.95. The molecule has 1 aliphatic heterocycles. The van der Waals surface area contributed by atoms with E-state index >= 15 is 0 Å². The van der Waals surface area contributed by atoms with Crippen LogP contribution in [0.1, 0.15) is 18.9 Å². The van der Waals surface area contributed by atoms with Gasteiger partial charge in [0.1, 0.15) is 5.82 Å². The predicted octanol–water partition coefficient (Wildman–Crippen LogP) is 4.16. The molecule has 0 aliphatic carbocycles. The van der Waals surface area contributed by atoms with Crippen LogP contribution in [0, 0.1) is 11.2 Å². The summed E-state index contributed by atoms with van der Waals surface area (Å²) in [7, 11) is 0. The van der Waals surface area contributed by atoms with E-state index in [0.717, 1.165) is 29.5 Å². The molecule has 0 N–H and O–H groups in total. The first-order chi connectivity index (χ1) is 8.07. The summed E-state index contributed by atoms with van der Waals surface area (Å²) in [5, 5.41) is 0. The normalized spacial score (nSPS) is 28.6. The van der Waals surface area contributed by atoms with E-state index < -0.39 is 0 Å². The van der Waals surface area contributed by atoms with Crippen molar-refractivity contribution in [2.45, 2.75) is 25.9 Å². The zero-order valence-electron chi connectivity index (χ0n) is 9.68. The van der Waals surface area contributed by atoms with Crippen molar-refractivity contribution in [1.82, 2.24) is 0 Å². The highest BCUT2D eigenvalue weighted by Crippen LogP contribution is 2.40. The molecule has 1 aliphatic rings. The van der Waals surface area contributed by atoms with Crippen LogP contribution in [0.25, 0.3) is 0 Å². The number of halogens is 3. The first-order valence-corrected chi connectivity index (χ1v) is 7.02. The van der Waals surface area contributed by atoms with Crippen molar-refractivity contribution in [2.24, 2.45) is 5.41 Å². The summed E-state index contributed by atoms with van der Waals surface area (Å²) < 4.78 is 19.8. The van der Waals surface area contributed by atoms with Crippen molar-refractivity contribution < 1.29 is 9.13 Å². The molecule has 1 aromatic rings. The first kappa shape index (κ1) is 13.3. The van der Waals surface area contributed by atoms with Crippen LogP contribution in [0.3, 0.4) is 0 Å². The molecule has 2 rings (SSSR count). The largest absolute Gasteiger partial charge is 0.378 e.